The van der Waals surface area contributed by atoms with Crippen LogP contribution in [0.5, 0.6) is 0 Å². The van der Waals surface area contributed by atoms with Crippen molar-refractivity contribution in [3.8, 4) is 0 Å². The molecule has 0 N–H and O–H groups in total. The average Bonchev–Trinajstić information content (AvgIpc) is 2.89. The van der Waals surface area contributed by atoms with E-state index in [1.807, 2.05) is 0 Å². The minimum absolute atomic E-state index is 0.117. The summed E-state index contributed by atoms with van der Waals surface area (Å²) in [6, 6.07) is 8.72. The molecule has 1 aliphatic heterocycles. The fourth-order valence-corrected chi connectivity index (χ4v) is 5.43. The molecule has 0 spiro atoms. The maximum Gasteiger partial charge on any atom is 0.494 e. The van der Waals surface area contributed by atoms with E-state index in [9.17, 15) is 0 Å². The van der Waals surface area contributed by atoms with Gasteiger partial charge in [0.25, 0.3) is 0 Å². The molecule has 3 saturated carbocycles. The fraction of sp³-hybridized carbons (Fsp3) is 0.714. The van der Waals surface area contributed by atoms with Crippen LogP contribution in [0, 0.1) is 23.2 Å². The van der Waals surface area contributed by atoms with Crippen LogP contribution in [-0.4, -0.2) is 18.8 Å². The molecule has 0 aromatic heterocycles. The topological polar surface area (TPSA) is 18.5 Å². The van der Waals surface area contributed by atoms with Crippen LogP contribution >= 0.6 is 0 Å². The minimum Gasteiger partial charge on any atom is -0.401 e. The molecule has 1 saturated heterocycles. The van der Waals surface area contributed by atoms with Gasteiger partial charge in [0.2, 0.25) is 0 Å². The summed E-state index contributed by atoms with van der Waals surface area (Å²) < 4.78 is 13.1. The summed E-state index contributed by atoms with van der Waals surface area (Å²) in [5, 5.41) is 0. The van der Waals surface area contributed by atoms with Gasteiger partial charge in [-0.3, -0.25) is 0 Å². The normalized spacial score (nSPS) is 36.6. The van der Waals surface area contributed by atoms with Gasteiger partial charge >= 0.3 is 7.12 Å². The van der Waals surface area contributed by atoms with E-state index in [4.69, 9.17) is 9.31 Å². The summed E-state index contributed by atoms with van der Waals surface area (Å²) in [4.78, 5) is 0. The number of hydrogen-bond donors (Lipinski definition) is 0. The van der Waals surface area contributed by atoms with E-state index in [1.165, 1.54) is 23.9 Å². The Hall–Kier alpha value is -0.795. The van der Waals surface area contributed by atoms with Gasteiger partial charge in [0.15, 0.2) is 0 Å². The molecular weight excluding hydrogens is 295 g/mol. The zero-order valence-electron chi connectivity index (χ0n) is 15.8. The van der Waals surface area contributed by atoms with E-state index >= 15 is 0 Å². The van der Waals surface area contributed by atoms with Crippen LogP contribution in [0.3, 0.4) is 0 Å². The van der Waals surface area contributed by atoms with Crippen molar-refractivity contribution in [2.75, 3.05) is 0 Å². The largest absolute Gasteiger partial charge is 0.494 e. The summed E-state index contributed by atoms with van der Waals surface area (Å²) >= 11 is 0. The Morgan fingerprint density at radius 2 is 1.92 bits per heavy atom. The number of aryl methyl sites for hydroxylation is 1. The van der Waals surface area contributed by atoms with Crippen molar-refractivity contribution in [1.82, 2.24) is 0 Å². The number of hydrogen-bond acceptors (Lipinski definition) is 2. The fourth-order valence-electron chi connectivity index (χ4n) is 5.43. The highest BCUT2D eigenvalue weighted by molar-refractivity contribution is 6.62. The molecule has 4 fully saturated rings. The van der Waals surface area contributed by atoms with Crippen LogP contribution in [0.25, 0.3) is 0 Å². The van der Waals surface area contributed by atoms with Gasteiger partial charge in [-0.25, -0.2) is 0 Å². The third kappa shape index (κ3) is 2.39. The van der Waals surface area contributed by atoms with E-state index in [0.29, 0.717) is 11.3 Å². The van der Waals surface area contributed by atoms with Gasteiger partial charge in [-0.2, -0.15) is 0 Å². The lowest BCUT2D eigenvalue weighted by molar-refractivity contribution is -0.199. The van der Waals surface area contributed by atoms with Crippen molar-refractivity contribution >= 4 is 12.6 Å². The van der Waals surface area contributed by atoms with Gasteiger partial charge in [-0.15, -0.1) is 0 Å². The summed E-state index contributed by atoms with van der Waals surface area (Å²) in [5.41, 5.74) is 2.93. The average molecular weight is 326 g/mol. The Bertz CT molecular complexity index is 626. The second-order valence-corrected chi connectivity index (χ2v) is 9.43. The van der Waals surface area contributed by atoms with Crippen LogP contribution in [0.4, 0.5) is 0 Å². The lowest BCUT2D eigenvalue weighted by Crippen LogP contribution is -2.65. The van der Waals surface area contributed by atoms with Crippen molar-refractivity contribution in [2.45, 2.75) is 72.0 Å². The van der Waals surface area contributed by atoms with Gasteiger partial charge in [0, 0.05) is 0 Å². The molecule has 1 aromatic carbocycles. The second kappa shape index (κ2) is 5.61. The maximum atomic E-state index is 6.65. The summed E-state index contributed by atoms with van der Waals surface area (Å²) in [5.74, 6) is 2.15. The third-order valence-corrected chi connectivity index (χ3v) is 7.25. The van der Waals surface area contributed by atoms with Crippen LogP contribution in [0.1, 0.15) is 59.4 Å². The first-order valence-corrected chi connectivity index (χ1v) is 9.73. The Morgan fingerprint density at radius 3 is 2.62 bits per heavy atom. The molecule has 2 nitrogen and oxygen atoms in total. The van der Waals surface area contributed by atoms with Crippen LogP contribution < -0.4 is 5.46 Å². The van der Waals surface area contributed by atoms with Gasteiger partial charge in [-0.1, -0.05) is 52.0 Å². The first-order valence-electron chi connectivity index (χ1n) is 9.73. The minimum atomic E-state index is -0.182. The molecule has 1 heterocycles. The van der Waals surface area contributed by atoms with Crippen LogP contribution in [-0.2, 0) is 15.7 Å². The van der Waals surface area contributed by atoms with E-state index in [2.05, 4.69) is 58.9 Å². The first kappa shape index (κ1) is 16.7. The monoisotopic (exact) mass is 326 g/mol. The lowest BCUT2D eigenvalue weighted by atomic mass is 9.43. The quantitative estimate of drug-likeness (QED) is 0.772. The Labute approximate surface area is 147 Å². The highest BCUT2D eigenvalue weighted by Crippen LogP contribution is 2.65. The molecule has 3 aliphatic carbocycles. The van der Waals surface area contributed by atoms with Crippen LogP contribution in [0.15, 0.2) is 24.3 Å². The lowest BCUT2D eigenvalue weighted by Gasteiger charge is -2.64. The SMILES string of the molecule is CC(C)CCc1ccccc1B1OC2CC3CC(C3(C)C)C2(C)O1. The predicted molar refractivity (Wildman–Crippen MR) is 99.3 cm³/mol. The Balaban J connectivity index is 1.58. The van der Waals surface area contributed by atoms with E-state index in [1.54, 1.807) is 0 Å². The summed E-state index contributed by atoms with van der Waals surface area (Å²) in [6.45, 7) is 11.7. The van der Waals surface area contributed by atoms with Crippen molar-refractivity contribution in [2.24, 2.45) is 23.2 Å². The van der Waals surface area contributed by atoms with E-state index in [0.717, 1.165) is 24.7 Å². The predicted octanol–water partition coefficient (Wildman–Crippen LogP) is 4.21. The molecular formula is C21H31BO2. The molecule has 2 bridgehead atoms. The van der Waals surface area contributed by atoms with E-state index in [-0.39, 0.29) is 18.8 Å². The third-order valence-electron chi connectivity index (χ3n) is 7.25. The summed E-state index contributed by atoms with van der Waals surface area (Å²) in [7, 11) is -0.182. The molecule has 0 radical (unpaired) electrons. The Morgan fingerprint density at radius 1 is 1.17 bits per heavy atom. The van der Waals surface area contributed by atoms with E-state index < -0.39 is 0 Å². The first-order chi connectivity index (χ1) is 11.3. The zero-order valence-corrected chi connectivity index (χ0v) is 15.8. The molecule has 3 heteroatoms. The molecule has 4 unspecified atom stereocenters. The number of benzene rings is 1. The molecule has 4 aliphatic rings. The standard InChI is InChI=1S/C21H31BO2/c1-14(2)10-11-15-8-6-7-9-17(15)22-23-19-13-16-12-18(20(16,3)4)21(19,5)24-22/h6-9,14,16,18-19H,10-13H2,1-5H3. The maximum absolute atomic E-state index is 6.65. The molecule has 0 amide bonds. The molecule has 24 heavy (non-hydrogen) atoms. The molecule has 1 aromatic rings. The highest BCUT2D eigenvalue weighted by atomic mass is 16.7. The highest BCUT2D eigenvalue weighted by Gasteiger charge is 2.68. The zero-order chi connectivity index (χ0) is 17.1. The van der Waals surface area contributed by atoms with Crippen molar-refractivity contribution < 1.29 is 9.31 Å². The van der Waals surface area contributed by atoms with Gasteiger partial charge in [0.1, 0.15) is 0 Å². The smallest absolute Gasteiger partial charge is 0.401 e. The van der Waals surface area contributed by atoms with Crippen LogP contribution in [0.2, 0.25) is 0 Å². The van der Waals surface area contributed by atoms with Gasteiger partial charge in [-0.05, 0) is 66.8 Å². The summed E-state index contributed by atoms with van der Waals surface area (Å²) in [6.07, 6.45) is 5.05. The van der Waals surface area contributed by atoms with Crippen molar-refractivity contribution in [3.05, 3.63) is 29.8 Å². The molecule has 130 valence electrons. The van der Waals surface area contributed by atoms with Crippen molar-refractivity contribution in [1.29, 1.82) is 0 Å². The second-order valence-electron chi connectivity index (χ2n) is 9.43. The van der Waals surface area contributed by atoms with Gasteiger partial charge < -0.3 is 9.31 Å². The number of rotatable bonds is 4. The van der Waals surface area contributed by atoms with Gasteiger partial charge in [0.05, 0.1) is 11.7 Å². The van der Waals surface area contributed by atoms with Crippen molar-refractivity contribution in [3.63, 3.8) is 0 Å². The Kier molecular flexibility index (Phi) is 3.89. The molecule has 5 rings (SSSR count). The molecule has 4 atom stereocenters.